The van der Waals surface area contributed by atoms with Gasteiger partial charge in [-0.25, -0.2) is 15.0 Å². The molecule has 0 fully saturated rings. The first-order valence-electron chi connectivity index (χ1n) is 8.27. The molecule has 1 aliphatic heterocycles. The lowest BCUT2D eigenvalue weighted by atomic mass is 10.1. The Balaban J connectivity index is 1.76. The molecule has 0 radical (unpaired) electrons. The van der Waals surface area contributed by atoms with Gasteiger partial charge in [-0.15, -0.1) is 0 Å². The van der Waals surface area contributed by atoms with Gasteiger partial charge in [-0.05, 0) is 24.6 Å². The van der Waals surface area contributed by atoms with E-state index in [1.165, 1.54) is 5.56 Å². The molecule has 0 atom stereocenters. The first-order chi connectivity index (χ1) is 11.7. The largest absolute Gasteiger partial charge is 0.392 e. The zero-order valence-corrected chi connectivity index (χ0v) is 14.0. The van der Waals surface area contributed by atoms with Crippen LogP contribution in [0.2, 0.25) is 0 Å². The number of pyridine rings is 1. The van der Waals surface area contributed by atoms with Crippen molar-refractivity contribution in [2.24, 2.45) is 0 Å². The Labute approximate surface area is 141 Å². The second-order valence-corrected chi connectivity index (χ2v) is 6.29. The van der Waals surface area contributed by atoms with Crippen LogP contribution >= 0.6 is 0 Å². The molecule has 1 aliphatic rings. The quantitative estimate of drug-likeness (QED) is 0.804. The van der Waals surface area contributed by atoms with Gasteiger partial charge in [-0.3, -0.25) is 0 Å². The van der Waals surface area contributed by atoms with Gasteiger partial charge in [0, 0.05) is 35.7 Å². The molecule has 0 saturated heterocycles. The smallest absolute Gasteiger partial charge is 0.135 e. The van der Waals surface area contributed by atoms with Crippen LogP contribution in [0.3, 0.4) is 0 Å². The van der Waals surface area contributed by atoms with E-state index in [4.69, 9.17) is 4.98 Å². The summed E-state index contributed by atoms with van der Waals surface area (Å²) in [6.07, 6.45) is 2.76. The molecule has 3 aromatic rings. The van der Waals surface area contributed by atoms with E-state index in [2.05, 4.69) is 46.9 Å². The van der Waals surface area contributed by atoms with Gasteiger partial charge in [0.05, 0.1) is 24.4 Å². The highest BCUT2D eigenvalue weighted by atomic mass is 16.3. The van der Waals surface area contributed by atoms with Crippen molar-refractivity contribution in [3.63, 3.8) is 0 Å². The summed E-state index contributed by atoms with van der Waals surface area (Å²) in [5.74, 6) is 1.71. The highest BCUT2D eigenvalue weighted by Gasteiger charge is 2.24. The Hall–Kier alpha value is -2.53. The zero-order valence-electron chi connectivity index (χ0n) is 14.0. The van der Waals surface area contributed by atoms with Gasteiger partial charge in [0.2, 0.25) is 0 Å². The fourth-order valence-corrected chi connectivity index (χ4v) is 3.22. The number of fused-ring (bicyclic) bond motifs is 2. The molecule has 1 aromatic carbocycles. The maximum atomic E-state index is 9.80. The number of rotatable bonds is 3. The van der Waals surface area contributed by atoms with Crippen LogP contribution in [0, 0.1) is 6.92 Å². The number of nitrogens with zero attached hydrogens (tertiary/aromatic N) is 4. The summed E-state index contributed by atoms with van der Waals surface area (Å²) in [6.45, 7) is 5.55. The van der Waals surface area contributed by atoms with E-state index in [-0.39, 0.29) is 6.61 Å². The van der Waals surface area contributed by atoms with Crippen LogP contribution in [0.5, 0.6) is 0 Å². The molecular weight excluding hydrogens is 300 g/mol. The maximum absolute atomic E-state index is 9.80. The van der Waals surface area contributed by atoms with Crippen LogP contribution in [0.25, 0.3) is 10.9 Å². The van der Waals surface area contributed by atoms with Crippen LogP contribution in [0.1, 0.15) is 35.1 Å². The number of aryl methyl sites for hydroxylation is 2. The molecule has 2 aromatic heterocycles. The van der Waals surface area contributed by atoms with Crippen molar-refractivity contribution in [3.8, 4) is 0 Å². The average molecular weight is 320 g/mol. The number of hydrogen-bond acceptors (Lipinski definition) is 5. The van der Waals surface area contributed by atoms with Crippen LogP contribution in [0.15, 0.2) is 30.5 Å². The Morgan fingerprint density at radius 3 is 2.83 bits per heavy atom. The molecule has 0 amide bonds. The Morgan fingerprint density at radius 2 is 2.04 bits per heavy atom. The van der Waals surface area contributed by atoms with Crippen LogP contribution in [-0.2, 0) is 26.1 Å². The molecule has 0 spiro atoms. The lowest BCUT2D eigenvalue weighted by molar-refractivity contribution is 0.282. The van der Waals surface area contributed by atoms with E-state index in [0.29, 0.717) is 6.54 Å². The summed E-state index contributed by atoms with van der Waals surface area (Å²) < 4.78 is 0. The van der Waals surface area contributed by atoms with E-state index in [1.54, 1.807) is 0 Å². The summed E-state index contributed by atoms with van der Waals surface area (Å²) in [7, 11) is 0. The first-order valence-corrected chi connectivity index (χ1v) is 8.27. The third-order valence-corrected chi connectivity index (χ3v) is 4.52. The number of hydrogen-bond donors (Lipinski definition) is 1. The molecule has 24 heavy (non-hydrogen) atoms. The topological polar surface area (TPSA) is 62.1 Å². The predicted octanol–water partition coefficient (Wildman–Crippen LogP) is 2.91. The van der Waals surface area contributed by atoms with E-state index in [9.17, 15) is 5.11 Å². The average Bonchev–Trinajstić information content (AvgIpc) is 3.03. The van der Waals surface area contributed by atoms with Gasteiger partial charge < -0.3 is 10.0 Å². The first kappa shape index (κ1) is 15.0. The molecule has 1 N–H and O–H groups in total. The summed E-state index contributed by atoms with van der Waals surface area (Å²) >= 11 is 0. The summed E-state index contributed by atoms with van der Waals surface area (Å²) in [5, 5.41) is 10.9. The zero-order chi connectivity index (χ0) is 16.7. The predicted molar refractivity (Wildman–Crippen MR) is 93.7 cm³/mol. The molecule has 5 heteroatoms. The van der Waals surface area contributed by atoms with Crippen LogP contribution < -0.4 is 4.90 Å². The Morgan fingerprint density at radius 1 is 1.17 bits per heavy atom. The lowest BCUT2D eigenvalue weighted by Gasteiger charge is -2.20. The second kappa shape index (κ2) is 5.83. The molecule has 0 saturated carbocycles. The molecule has 0 aliphatic carbocycles. The highest BCUT2D eigenvalue weighted by molar-refractivity contribution is 5.82. The molecule has 4 rings (SSSR count). The Bertz CT molecular complexity index is 923. The van der Waals surface area contributed by atoms with Gasteiger partial charge in [-0.2, -0.15) is 0 Å². The van der Waals surface area contributed by atoms with Crippen molar-refractivity contribution >= 4 is 16.7 Å². The van der Waals surface area contributed by atoms with Crippen LogP contribution in [-0.4, -0.2) is 20.1 Å². The highest BCUT2D eigenvalue weighted by Crippen LogP contribution is 2.30. The molecule has 3 heterocycles. The minimum atomic E-state index is -0.0229. The van der Waals surface area contributed by atoms with E-state index < -0.39 is 0 Å². The standard InChI is InChI=1S/C19H20N4O/c1-3-18-20-8-15-9-23(10-17(15)21-18)19-14(11-24)7-13-5-4-12(2)6-16(13)22-19/h4-8,24H,3,9-11H2,1-2H3. The van der Waals surface area contributed by atoms with E-state index in [0.717, 1.165) is 52.3 Å². The molecule has 0 bridgehead atoms. The Kier molecular flexibility index (Phi) is 3.65. The van der Waals surface area contributed by atoms with Crippen LogP contribution in [0.4, 0.5) is 5.82 Å². The number of aromatic nitrogens is 3. The van der Waals surface area contributed by atoms with Crippen molar-refractivity contribution in [2.75, 3.05) is 4.90 Å². The maximum Gasteiger partial charge on any atom is 0.135 e. The van der Waals surface area contributed by atoms with Gasteiger partial charge in [0.1, 0.15) is 11.6 Å². The minimum absolute atomic E-state index is 0.0229. The monoisotopic (exact) mass is 320 g/mol. The molecule has 0 unspecified atom stereocenters. The lowest BCUT2D eigenvalue weighted by Crippen LogP contribution is -2.18. The van der Waals surface area contributed by atoms with Gasteiger partial charge in [0.25, 0.3) is 0 Å². The van der Waals surface area contributed by atoms with Gasteiger partial charge >= 0.3 is 0 Å². The minimum Gasteiger partial charge on any atom is -0.392 e. The normalized spacial score (nSPS) is 13.5. The number of aliphatic hydroxyl groups is 1. The fraction of sp³-hybridized carbons (Fsp3) is 0.316. The van der Waals surface area contributed by atoms with Crippen molar-refractivity contribution in [3.05, 3.63) is 58.7 Å². The number of anilines is 1. The molecule has 5 nitrogen and oxygen atoms in total. The fourth-order valence-electron chi connectivity index (χ4n) is 3.22. The number of aliphatic hydroxyl groups excluding tert-OH is 1. The third kappa shape index (κ3) is 2.51. The van der Waals surface area contributed by atoms with Crippen molar-refractivity contribution in [2.45, 2.75) is 40.0 Å². The molecule has 122 valence electrons. The molecular formula is C19H20N4O. The van der Waals surface area contributed by atoms with E-state index in [1.807, 2.05) is 12.3 Å². The summed E-state index contributed by atoms with van der Waals surface area (Å²) in [5.41, 5.74) is 5.20. The number of benzene rings is 1. The summed E-state index contributed by atoms with van der Waals surface area (Å²) in [4.78, 5) is 16.0. The second-order valence-electron chi connectivity index (χ2n) is 6.29. The van der Waals surface area contributed by atoms with Gasteiger partial charge in [-0.1, -0.05) is 19.1 Å². The summed E-state index contributed by atoms with van der Waals surface area (Å²) in [6, 6.07) is 8.23. The van der Waals surface area contributed by atoms with Crippen molar-refractivity contribution < 1.29 is 5.11 Å². The van der Waals surface area contributed by atoms with Gasteiger partial charge in [0.15, 0.2) is 0 Å². The van der Waals surface area contributed by atoms with Crippen molar-refractivity contribution in [1.82, 2.24) is 15.0 Å². The SMILES string of the molecule is CCc1ncc2c(n1)CN(c1nc3cc(C)ccc3cc1CO)C2. The third-order valence-electron chi connectivity index (χ3n) is 4.52. The van der Waals surface area contributed by atoms with Crippen molar-refractivity contribution in [1.29, 1.82) is 0 Å². The van der Waals surface area contributed by atoms with E-state index >= 15 is 0 Å².